The number of nitrogens with zero attached hydrogens (tertiary/aromatic N) is 4. The molecule has 4 rings (SSSR count). The number of para-hydroxylation sites is 1. The lowest BCUT2D eigenvalue weighted by atomic mass is 9.91. The number of anilines is 1. The van der Waals surface area contributed by atoms with Gasteiger partial charge in [-0.15, -0.1) is 0 Å². The van der Waals surface area contributed by atoms with Gasteiger partial charge in [0.1, 0.15) is 11.3 Å². The number of aromatic nitrogens is 3. The molecule has 3 aromatic rings. The molecule has 0 radical (unpaired) electrons. The minimum atomic E-state index is 0.606. The van der Waals surface area contributed by atoms with Crippen LogP contribution in [0.5, 0.6) is 5.75 Å². The van der Waals surface area contributed by atoms with E-state index in [4.69, 9.17) is 4.74 Å². The molecule has 1 aromatic carbocycles. The zero-order valence-corrected chi connectivity index (χ0v) is 15.8. The average molecular weight is 350 g/mol. The Morgan fingerprint density at radius 2 is 2.00 bits per heavy atom. The lowest BCUT2D eigenvalue weighted by Gasteiger charge is -2.35. The second-order valence-corrected chi connectivity index (χ2v) is 7.04. The van der Waals surface area contributed by atoms with Crippen molar-refractivity contribution in [1.29, 1.82) is 0 Å². The number of ether oxygens (including phenoxy) is 1. The summed E-state index contributed by atoms with van der Waals surface area (Å²) >= 11 is 0. The molecule has 0 N–H and O–H groups in total. The molecule has 26 heavy (non-hydrogen) atoms. The van der Waals surface area contributed by atoms with E-state index in [0.29, 0.717) is 5.92 Å². The van der Waals surface area contributed by atoms with Gasteiger partial charge in [0.2, 0.25) is 0 Å². The summed E-state index contributed by atoms with van der Waals surface area (Å²) in [7, 11) is 1.71. The highest BCUT2D eigenvalue weighted by Gasteiger charge is 2.24. The Hall–Kier alpha value is -2.56. The van der Waals surface area contributed by atoms with E-state index in [1.807, 2.05) is 23.1 Å². The van der Waals surface area contributed by atoms with Crippen LogP contribution in [-0.2, 0) is 6.54 Å². The van der Waals surface area contributed by atoms with Gasteiger partial charge < -0.3 is 9.64 Å². The molecule has 0 unspecified atom stereocenters. The van der Waals surface area contributed by atoms with Crippen LogP contribution < -0.4 is 9.64 Å². The Morgan fingerprint density at radius 3 is 2.69 bits per heavy atom. The summed E-state index contributed by atoms with van der Waals surface area (Å²) in [5.41, 5.74) is 4.85. The molecule has 0 bridgehead atoms. The molecular formula is C21H26N4O. The molecule has 136 valence electrons. The van der Waals surface area contributed by atoms with E-state index in [0.717, 1.165) is 43.7 Å². The molecule has 0 saturated carbocycles. The number of piperidine rings is 1. The van der Waals surface area contributed by atoms with Crippen LogP contribution in [-0.4, -0.2) is 35.0 Å². The fourth-order valence-electron chi connectivity index (χ4n) is 4.07. The second kappa shape index (κ2) is 6.98. The molecular weight excluding hydrogens is 324 g/mol. The van der Waals surface area contributed by atoms with Crippen molar-refractivity contribution in [2.24, 2.45) is 0 Å². The summed E-state index contributed by atoms with van der Waals surface area (Å²) in [5.74, 6) is 1.44. The molecule has 5 nitrogen and oxygen atoms in total. The Balaban J connectivity index is 1.60. The molecule has 0 spiro atoms. The van der Waals surface area contributed by atoms with Gasteiger partial charge >= 0.3 is 0 Å². The number of methoxy groups -OCH3 is 1. The SMILES string of the molecule is CCn1cc(C2CCN(c3c(C)cnc4c(OC)cccc34)CC2)cn1. The third-order valence-corrected chi connectivity index (χ3v) is 5.49. The zero-order valence-electron chi connectivity index (χ0n) is 15.8. The Bertz CT molecular complexity index is 910. The van der Waals surface area contributed by atoms with Gasteiger partial charge in [0, 0.05) is 37.4 Å². The predicted molar refractivity (Wildman–Crippen MR) is 105 cm³/mol. The third-order valence-electron chi connectivity index (χ3n) is 5.49. The molecule has 1 fully saturated rings. The summed E-state index contributed by atoms with van der Waals surface area (Å²) in [5, 5.41) is 5.62. The summed E-state index contributed by atoms with van der Waals surface area (Å²) in [6, 6.07) is 6.19. The van der Waals surface area contributed by atoms with Gasteiger partial charge in [-0.25, -0.2) is 0 Å². The number of rotatable bonds is 4. The van der Waals surface area contributed by atoms with Gasteiger partial charge in [-0.3, -0.25) is 9.67 Å². The summed E-state index contributed by atoms with van der Waals surface area (Å²) in [4.78, 5) is 7.13. The fourth-order valence-corrected chi connectivity index (χ4v) is 4.07. The number of aryl methyl sites for hydroxylation is 2. The van der Waals surface area contributed by atoms with Crippen molar-refractivity contribution in [3.05, 3.63) is 47.9 Å². The van der Waals surface area contributed by atoms with Gasteiger partial charge in [0.05, 0.1) is 19.0 Å². The van der Waals surface area contributed by atoms with Crippen LogP contribution in [0.4, 0.5) is 5.69 Å². The first-order valence-electron chi connectivity index (χ1n) is 9.41. The summed E-state index contributed by atoms with van der Waals surface area (Å²) < 4.78 is 7.53. The molecule has 1 saturated heterocycles. The third kappa shape index (κ3) is 2.91. The van der Waals surface area contributed by atoms with Gasteiger partial charge in [0.25, 0.3) is 0 Å². The first-order chi connectivity index (χ1) is 12.7. The van der Waals surface area contributed by atoms with Gasteiger partial charge in [-0.2, -0.15) is 5.10 Å². The van der Waals surface area contributed by atoms with Crippen LogP contribution in [0, 0.1) is 6.92 Å². The molecule has 1 aliphatic rings. The van der Waals surface area contributed by atoms with Crippen LogP contribution in [0.1, 0.15) is 36.8 Å². The maximum atomic E-state index is 5.51. The van der Waals surface area contributed by atoms with E-state index in [2.05, 4.69) is 47.2 Å². The predicted octanol–water partition coefficient (Wildman–Crippen LogP) is 4.15. The minimum Gasteiger partial charge on any atom is -0.494 e. The molecule has 2 aromatic heterocycles. The molecule has 3 heterocycles. The first-order valence-corrected chi connectivity index (χ1v) is 9.41. The molecule has 0 aliphatic carbocycles. The zero-order chi connectivity index (χ0) is 18.1. The fraction of sp³-hybridized carbons (Fsp3) is 0.429. The molecule has 5 heteroatoms. The molecule has 1 aliphatic heterocycles. The Morgan fingerprint density at radius 1 is 1.19 bits per heavy atom. The number of hydrogen-bond donors (Lipinski definition) is 0. The number of hydrogen-bond acceptors (Lipinski definition) is 4. The summed E-state index contributed by atoms with van der Waals surface area (Å²) in [6.45, 7) is 7.32. The standard InChI is InChI=1S/C21H26N4O/c1-4-25-14-17(13-23-25)16-8-10-24(11-9-16)21-15(2)12-22-20-18(21)6-5-7-19(20)26-3/h5-7,12-14,16H,4,8-11H2,1-3H3. The summed E-state index contributed by atoms with van der Waals surface area (Å²) in [6.07, 6.45) is 8.53. The van der Waals surface area contributed by atoms with Crippen LogP contribution in [0.25, 0.3) is 10.9 Å². The highest BCUT2D eigenvalue weighted by atomic mass is 16.5. The second-order valence-electron chi connectivity index (χ2n) is 7.04. The topological polar surface area (TPSA) is 43.2 Å². The van der Waals surface area contributed by atoms with Crippen molar-refractivity contribution < 1.29 is 4.74 Å². The first kappa shape index (κ1) is 16.9. The number of pyridine rings is 1. The van der Waals surface area contributed by atoms with E-state index in [1.165, 1.54) is 22.2 Å². The van der Waals surface area contributed by atoms with E-state index < -0.39 is 0 Å². The average Bonchev–Trinajstić information content (AvgIpc) is 3.17. The van der Waals surface area contributed by atoms with E-state index in [9.17, 15) is 0 Å². The van der Waals surface area contributed by atoms with Crippen molar-refractivity contribution in [3.63, 3.8) is 0 Å². The van der Waals surface area contributed by atoms with E-state index >= 15 is 0 Å². The van der Waals surface area contributed by atoms with Gasteiger partial charge in [0.15, 0.2) is 0 Å². The Labute approximate surface area is 154 Å². The van der Waals surface area contributed by atoms with Crippen molar-refractivity contribution in [2.75, 3.05) is 25.1 Å². The van der Waals surface area contributed by atoms with Crippen molar-refractivity contribution in [1.82, 2.24) is 14.8 Å². The van der Waals surface area contributed by atoms with Crippen molar-refractivity contribution in [2.45, 2.75) is 39.2 Å². The minimum absolute atomic E-state index is 0.606. The smallest absolute Gasteiger partial charge is 0.145 e. The maximum absolute atomic E-state index is 5.51. The van der Waals surface area contributed by atoms with Crippen molar-refractivity contribution in [3.8, 4) is 5.75 Å². The molecule has 0 amide bonds. The van der Waals surface area contributed by atoms with Crippen LogP contribution in [0.15, 0.2) is 36.8 Å². The van der Waals surface area contributed by atoms with Gasteiger partial charge in [-0.1, -0.05) is 12.1 Å². The number of benzene rings is 1. The van der Waals surface area contributed by atoms with Gasteiger partial charge in [-0.05, 0) is 49.8 Å². The van der Waals surface area contributed by atoms with Crippen LogP contribution >= 0.6 is 0 Å². The molecule has 0 atom stereocenters. The Kier molecular flexibility index (Phi) is 4.53. The monoisotopic (exact) mass is 350 g/mol. The lowest BCUT2D eigenvalue weighted by molar-refractivity contribution is 0.419. The number of fused-ring (bicyclic) bond motifs is 1. The largest absolute Gasteiger partial charge is 0.494 e. The highest BCUT2D eigenvalue weighted by molar-refractivity contribution is 5.96. The normalized spacial score (nSPS) is 15.6. The van der Waals surface area contributed by atoms with Crippen molar-refractivity contribution >= 4 is 16.6 Å². The van der Waals surface area contributed by atoms with Crippen LogP contribution in [0.2, 0.25) is 0 Å². The van der Waals surface area contributed by atoms with E-state index in [1.54, 1.807) is 7.11 Å². The quantitative estimate of drug-likeness (QED) is 0.709. The van der Waals surface area contributed by atoms with E-state index in [-0.39, 0.29) is 0 Å². The van der Waals surface area contributed by atoms with Crippen LogP contribution in [0.3, 0.4) is 0 Å². The maximum Gasteiger partial charge on any atom is 0.145 e. The lowest BCUT2D eigenvalue weighted by Crippen LogP contribution is -2.33. The highest BCUT2D eigenvalue weighted by Crippen LogP contribution is 2.37.